The summed E-state index contributed by atoms with van der Waals surface area (Å²) in [4.78, 5) is 25.9. The van der Waals surface area contributed by atoms with E-state index in [-0.39, 0.29) is 66.7 Å². The topological polar surface area (TPSA) is 127 Å². The van der Waals surface area contributed by atoms with Crippen LogP contribution in [-0.4, -0.2) is 86.7 Å². The first-order valence-electron chi connectivity index (χ1n) is 17.9. The van der Waals surface area contributed by atoms with Crippen molar-refractivity contribution in [2.24, 2.45) is 11.8 Å². The van der Waals surface area contributed by atoms with E-state index >= 15 is 4.39 Å². The molecule has 0 spiro atoms. The van der Waals surface area contributed by atoms with Crippen LogP contribution in [0.5, 0.6) is 0 Å². The summed E-state index contributed by atoms with van der Waals surface area (Å²) in [6.45, 7) is 11.7. The molecule has 10 nitrogen and oxygen atoms in total. The third kappa shape index (κ3) is 13.9. The van der Waals surface area contributed by atoms with Gasteiger partial charge in [-0.2, -0.15) is 26.3 Å². The van der Waals surface area contributed by atoms with Gasteiger partial charge in [-0.1, -0.05) is 14.9 Å². The van der Waals surface area contributed by atoms with Crippen molar-refractivity contribution in [3.8, 4) is 0 Å². The molecule has 2 saturated heterocycles. The lowest BCUT2D eigenvalue weighted by Gasteiger charge is -2.38. The number of likely N-dealkylation sites (tertiary alicyclic amines) is 2. The minimum Gasteiger partial charge on any atom is -0.444 e. The van der Waals surface area contributed by atoms with Crippen LogP contribution >= 0.6 is 0 Å². The Hall–Kier alpha value is -3.68. The zero-order valence-electron chi connectivity index (χ0n) is 32.5. The minimum absolute atomic E-state index is 0. The molecular weight excluding hydrogens is 841 g/mol. The fourth-order valence-corrected chi connectivity index (χ4v) is 9.25. The third-order valence-corrected chi connectivity index (χ3v) is 13.4. The molecule has 0 bridgehead atoms. The third-order valence-electron chi connectivity index (χ3n) is 9.26. The predicted molar refractivity (Wildman–Crippen MR) is 206 cm³/mol. The van der Waals surface area contributed by atoms with E-state index in [1.165, 1.54) is 9.80 Å². The number of hydrogen-bond acceptors (Lipinski definition) is 8. The second kappa shape index (κ2) is 19.4. The average Bonchev–Trinajstić information content (AvgIpc) is 3.09. The lowest BCUT2D eigenvalue weighted by molar-refractivity contribution is -0.138. The number of nitrogens with zero attached hydrogens (tertiary/aromatic N) is 2. The van der Waals surface area contributed by atoms with Crippen molar-refractivity contribution in [3.63, 3.8) is 0 Å². The summed E-state index contributed by atoms with van der Waals surface area (Å²) in [5.41, 5.74) is -5.64. The van der Waals surface area contributed by atoms with Gasteiger partial charge in [0.15, 0.2) is 0 Å². The van der Waals surface area contributed by atoms with E-state index in [9.17, 15) is 57.2 Å². The van der Waals surface area contributed by atoms with Crippen molar-refractivity contribution in [1.82, 2.24) is 9.80 Å². The SMILES string of the molecule is C.C.CC(C)(C)OC(=O)N1CCC(C(C)(F)S(=O)(=O)c2ccc(C(F)(F)F)cc2)CC1.CC(C)(C)OC(=O)N1CCC(C(F)S(=O)(=O)c2ccc(C(F)(F)F)cc2)CC1. The average molecular weight is 897 g/mol. The molecule has 59 heavy (non-hydrogen) atoms. The molecule has 2 aromatic carbocycles. The fraction of sp³-hybridized carbons (Fsp3) is 0.641. The Labute approximate surface area is 342 Å². The highest BCUT2D eigenvalue weighted by molar-refractivity contribution is 7.92. The molecule has 4 rings (SSSR count). The highest BCUT2D eigenvalue weighted by Crippen LogP contribution is 2.41. The van der Waals surface area contributed by atoms with Gasteiger partial charge in [0.1, 0.15) is 11.2 Å². The number of piperidine rings is 2. The predicted octanol–water partition coefficient (Wildman–Crippen LogP) is 10.5. The molecular formula is C39H56F8N2O8S2. The number of hydrogen-bond donors (Lipinski definition) is 0. The van der Waals surface area contributed by atoms with Gasteiger partial charge < -0.3 is 19.3 Å². The number of rotatable bonds is 6. The largest absolute Gasteiger partial charge is 0.444 e. The molecule has 0 radical (unpaired) electrons. The standard InChI is InChI=1S/C19H25F4NO4S.C18H23F4NO4S.2CH4/c1-17(2,3)28-16(25)24-11-9-13(10-12-24)18(4,20)29(26,27)15-7-5-14(6-8-15)19(21,22)23;1-17(2,3)27-16(24)23-10-8-12(9-11-23)15(19)28(25,26)14-6-4-13(5-7-14)18(20,21)22;;/h5-8,13H,9-12H2,1-4H3;4-7,12,15H,8-11H2,1-3H3;2*1H4. The quantitative estimate of drug-likeness (QED) is 0.262. The van der Waals surface area contributed by atoms with Crippen LogP contribution in [0.15, 0.2) is 58.3 Å². The number of alkyl halides is 8. The fourth-order valence-electron chi connectivity index (χ4n) is 6.06. The number of carbonyl (C=O) groups is 2. The first-order chi connectivity index (χ1) is 25.8. The van der Waals surface area contributed by atoms with Crippen LogP contribution in [0.2, 0.25) is 0 Å². The molecule has 2 amide bonds. The van der Waals surface area contributed by atoms with E-state index < -0.39 is 98.7 Å². The summed E-state index contributed by atoms with van der Waals surface area (Å²) in [6, 6.07) is 5.54. The van der Waals surface area contributed by atoms with Crippen LogP contribution in [0.4, 0.5) is 44.7 Å². The van der Waals surface area contributed by atoms with E-state index in [0.717, 1.165) is 31.2 Å². The van der Waals surface area contributed by atoms with Gasteiger partial charge in [-0.3, -0.25) is 0 Å². The molecule has 2 aliphatic rings. The summed E-state index contributed by atoms with van der Waals surface area (Å²) in [5.74, 6) is -1.76. The monoisotopic (exact) mass is 896 g/mol. The van der Waals surface area contributed by atoms with Crippen LogP contribution in [0.3, 0.4) is 0 Å². The Morgan fingerprint density at radius 3 is 1.24 bits per heavy atom. The summed E-state index contributed by atoms with van der Waals surface area (Å²) >= 11 is 0. The Bertz CT molecular complexity index is 1910. The second-order valence-electron chi connectivity index (χ2n) is 16.0. The number of benzene rings is 2. The van der Waals surface area contributed by atoms with Gasteiger partial charge in [0.05, 0.1) is 20.9 Å². The second-order valence-corrected chi connectivity index (χ2v) is 20.3. The molecule has 2 fully saturated rings. The lowest BCUT2D eigenvalue weighted by Crippen LogP contribution is -2.48. The zero-order chi connectivity index (χ0) is 43.6. The van der Waals surface area contributed by atoms with E-state index in [2.05, 4.69) is 0 Å². The molecule has 2 aliphatic heterocycles. The molecule has 338 valence electrons. The van der Waals surface area contributed by atoms with Crippen LogP contribution in [0.1, 0.15) is 100 Å². The maximum atomic E-state index is 15.4. The Morgan fingerprint density at radius 2 is 0.915 bits per heavy atom. The maximum absolute atomic E-state index is 15.4. The Kier molecular flexibility index (Phi) is 17.5. The molecule has 0 aromatic heterocycles. The molecule has 0 N–H and O–H groups in total. The molecule has 0 saturated carbocycles. The number of sulfone groups is 2. The molecule has 2 aromatic rings. The van der Waals surface area contributed by atoms with E-state index in [1.54, 1.807) is 41.5 Å². The van der Waals surface area contributed by atoms with Gasteiger partial charge in [-0.25, -0.2) is 35.2 Å². The van der Waals surface area contributed by atoms with E-state index in [0.29, 0.717) is 24.3 Å². The van der Waals surface area contributed by atoms with Crippen molar-refractivity contribution in [3.05, 3.63) is 59.7 Å². The van der Waals surface area contributed by atoms with Gasteiger partial charge >= 0.3 is 24.5 Å². The van der Waals surface area contributed by atoms with Gasteiger partial charge in [0, 0.05) is 38.0 Å². The number of carbonyl (C=O) groups excluding carboxylic acids is 2. The maximum Gasteiger partial charge on any atom is 0.416 e. The van der Waals surface area contributed by atoms with Crippen molar-refractivity contribution in [1.29, 1.82) is 0 Å². The van der Waals surface area contributed by atoms with Crippen molar-refractivity contribution in [2.45, 2.75) is 133 Å². The highest BCUT2D eigenvalue weighted by Gasteiger charge is 2.49. The molecule has 0 aliphatic carbocycles. The normalized spacial score (nSPS) is 17.9. The van der Waals surface area contributed by atoms with Gasteiger partial charge in [-0.15, -0.1) is 0 Å². The van der Waals surface area contributed by atoms with E-state index in [4.69, 9.17) is 9.47 Å². The summed E-state index contributed by atoms with van der Waals surface area (Å²) in [7, 11) is -8.97. The van der Waals surface area contributed by atoms with Crippen LogP contribution < -0.4 is 0 Å². The molecule has 2 unspecified atom stereocenters. The lowest BCUT2D eigenvalue weighted by atomic mass is 9.92. The minimum atomic E-state index is -4.62. The highest BCUT2D eigenvalue weighted by atomic mass is 32.2. The molecule has 20 heteroatoms. The number of halogens is 8. The van der Waals surface area contributed by atoms with Gasteiger partial charge in [0.2, 0.25) is 30.2 Å². The van der Waals surface area contributed by atoms with E-state index in [1.807, 2.05) is 0 Å². The van der Waals surface area contributed by atoms with Gasteiger partial charge in [0.25, 0.3) is 0 Å². The first-order valence-corrected chi connectivity index (χ1v) is 20.9. The zero-order valence-corrected chi connectivity index (χ0v) is 34.1. The van der Waals surface area contributed by atoms with Crippen LogP contribution in [0, 0.1) is 11.8 Å². The number of amides is 2. The van der Waals surface area contributed by atoms with Crippen LogP contribution in [-0.2, 0) is 41.5 Å². The Morgan fingerprint density at radius 1 is 0.593 bits per heavy atom. The van der Waals surface area contributed by atoms with Crippen molar-refractivity contribution in [2.75, 3.05) is 26.2 Å². The van der Waals surface area contributed by atoms with Crippen molar-refractivity contribution >= 4 is 31.9 Å². The summed E-state index contributed by atoms with van der Waals surface area (Å²) in [6.07, 6.45) is -9.92. The molecule has 2 atom stereocenters. The number of ether oxygens (including phenoxy) is 2. The smallest absolute Gasteiger partial charge is 0.416 e. The van der Waals surface area contributed by atoms with Crippen molar-refractivity contribution < 1.29 is 71.0 Å². The van der Waals surface area contributed by atoms with Gasteiger partial charge in [-0.05, 0) is 123 Å². The summed E-state index contributed by atoms with van der Waals surface area (Å²) < 4.78 is 167. The van der Waals surface area contributed by atoms with Crippen LogP contribution in [0.25, 0.3) is 0 Å². The molecule has 2 heterocycles. The summed E-state index contributed by atoms with van der Waals surface area (Å²) in [5, 5.41) is -2.69. The first kappa shape index (κ1) is 53.3. The Balaban J connectivity index is 0.000000571.